The minimum Gasteiger partial charge on any atom is -0.493 e. The second-order valence-corrected chi connectivity index (χ2v) is 3.83. The van der Waals surface area contributed by atoms with Gasteiger partial charge in [-0.1, -0.05) is 6.07 Å². The molecule has 1 aliphatic rings. The van der Waals surface area contributed by atoms with E-state index in [2.05, 4.69) is 5.32 Å². The summed E-state index contributed by atoms with van der Waals surface area (Å²) in [6, 6.07) is 5.82. The fourth-order valence-electron chi connectivity index (χ4n) is 1.74. The lowest BCUT2D eigenvalue weighted by atomic mass is 9.85. The van der Waals surface area contributed by atoms with E-state index in [1.54, 1.807) is 14.2 Å². The third-order valence-corrected chi connectivity index (χ3v) is 2.84. The van der Waals surface area contributed by atoms with Crippen LogP contribution in [0.15, 0.2) is 18.2 Å². The maximum Gasteiger partial charge on any atom is 0.161 e. The van der Waals surface area contributed by atoms with Gasteiger partial charge in [0, 0.05) is 13.1 Å². The molecule has 15 heavy (non-hydrogen) atoms. The van der Waals surface area contributed by atoms with Crippen LogP contribution in [-0.4, -0.2) is 27.3 Å². The lowest BCUT2D eigenvalue weighted by Crippen LogP contribution is -2.62. The molecule has 0 spiro atoms. The topological polar surface area (TPSA) is 56.5 Å². The summed E-state index contributed by atoms with van der Waals surface area (Å²) in [6.07, 6.45) is 0. The van der Waals surface area contributed by atoms with Crippen LogP contribution >= 0.6 is 0 Å². The zero-order valence-corrected chi connectivity index (χ0v) is 9.04. The monoisotopic (exact) mass is 208 g/mol. The lowest BCUT2D eigenvalue weighted by molar-refractivity contribution is 0.284. The molecule has 0 unspecified atom stereocenters. The normalized spacial score (nSPS) is 18.1. The molecule has 1 heterocycles. The van der Waals surface area contributed by atoms with E-state index in [0.717, 1.165) is 30.2 Å². The smallest absolute Gasteiger partial charge is 0.161 e. The third-order valence-electron chi connectivity index (χ3n) is 2.84. The van der Waals surface area contributed by atoms with E-state index in [1.807, 2.05) is 18.2 Å². The molecule has 0 aliphatic carbocycles. The third kappa shape index (κ3) is 1.66. The number of hydrogen-bond donors (Lipinski definition) is 2. The highest BCUT2D eigenvalue weighted by molar-refractivity contribution is 5.45. The fourth-order valence-corrected chi connectivity index (χ4v) is 1.74. The second kappa shape index (κ2) is 3.72. The van der Waals surface area contributed by atoms with E-state index in [0.29, 0.717) is 0 Å². The molecule has 0 bridgehead atoms. The summed E-state index contributed by atoms with van der Waals surface area (Å²) in [5, 5.41) is 3.17. The van der Waals surface area contributed by atoms with Crippen molar-refractivity contribution in [2.75, 3.05) is 27.3 Å². The quantitative estimate of drug-likeness (QED) is 0.757. The van der Waals surface area contributed by atoms with Crippen molar-refractivity contribution in [3.8, 4) is 11.5 Å². The first kappa shape index (κ1) is 10.3. The van der Waals surface area contributed by atoms with Crippen LogP contribution in [0.3, 0.4) is 0 Å². The summed E-state index contributed by atoms with van der Waals surface area (Å²) in [4.78, 5) is 0. The predicted molar refractivity (Wildman–Crippen MR) is 58.3 cm³/mol. The minimum atomic E-state index is -0.250. The summed E-state index contributed by atoms with van der Waals surface area (Å²) in [5.74, 6) is 1.46. The number of ether oxygens (including phenoxy) is 2. The molecule has 1 fully saturated rings. The largest absolute Gasteiger partial charge is 0.493 e. The van der Waals surface area contributed by atoms with Gasteiger partial charge in [0.2, 0.25) is 0 Å². The molecule has 0 radical (unpaired) electrons. The van der Waals surface area contributed by atoms with Crippen molar-refractivity contribution in [1.82, 2.24) is 5.32 Å². The van der Waals surface area contributed by atoms with Gasteiger partial charge in [0.25, 0.3) is 0 Å². The highest BCUT2D eigenvalue weighted by Gasteiger charge is 2.34. The lowest BCUT2D eigenvalue weighted by Gasteiger charge is -2.39. The Morgan fingerprint density at radius 3 is 2.33 bits per heavy atom. The van der Waals surface area contributed by atoms with Crippen molar-refractivity contribution in [3.05, 3.63) is 23.8 Å². The first-order chi connectivity index (χ1) is 7.19. The number of hydrogen-bond acceptors (Lipinski definition) is 4. The Kier molecular flexibility index (Phi) is 2.54. The molecule has 1 aromatic carbocycles. The molecule has 1 aromatic rings. The molecule has 1 saturated heterocycles. The van der Waals surface area contributed by atoms with Crippen molar-refractivity contribution >= 4 is 0 Å². The van der Waals surface area contributed by atoms with Crippen molar-refractivity contribution in [2.24, 2.45) is 5.73 Å². The molecule has 0 saturated carbocycles. The molecule has 1 aliphatic heterocycles. The summed E-state index contributed by atoms with van der Waals surface area (Å²) in [7, 11) is 3.25. The SMILES string of the molecule is COc1ccc(C2(N)CNC2)cc1OC. The molecule has 0 amide bonds. The molecule has 2 rings (SSSR count). The van der Waals surface area contributed by atoms with Gasteiger partial charge < -0.3 is 20.5 Å². The maximum absolute atomic E-state index is 6.18. The predicted octanol–water partition coefficient (Wildman–Crippen LogP) is 0.461. The summed E-state index contributed by atoms with van der Waals surface area (Å²) >= 11 is 0. The van der Waals surface area contributed by atoms with Crippen LogP contribution in [0.5, 0.6) is 11.5 Å². The molecule has 4 nitrogen and oxygen atoms in total. The Hall–Kier alpha value is -1.26. The van der Waals surface area contributed by atoms with Crippen molar-refractivity contribution in [2.45, 2.75) is 5.54 Å². The van der Waals surface area contributed by atoms with Gasteiger partial charge in [-0.15, -0.1) is 0 Å². The summed E-state index contributed by atoms with van der Waals surface area (Å²) in [6.45, 7) is 1.62. The molecule has 0 aromatic heterocycles. The Morgan fingerprint density at radius 2 is 1.87 bits per heavy atom. The molecule has 0 atom stereocenters. The second-order valence-electron chi connectivity index (χ2n) is 3.83. The Labute approximate surface area is 89.4 Å². The van der Waals surface area contributed by atoms with Crippen molar-refractivity contribution in [3.63, 3.8) is 0 Å². The summed E-state index contributed by atoms with van der Waals surface area (Å²) < 4.78 is 10.4. The van der Waals surface area contributed by atoms with Crippen LogP contribution in [0.25, 0.3) is 0 Å². The number of benzene rings is 1. The zero-order chi connectivity index (χ0) is 10.9. The zero-order valence-electron chi connectivity index (χ0n) is 9.04. The Bertz CT molecular complexity index is 362. The average Bonchev–Trinajstić information content (AvgIpc) is 2.25. The summed E-state index contributed by atoms with van der Waals surface area (Å²) in [5.41, 5.74) is 7.01. The van der Waals surface area contributed by atoms with Gasteiger partial charge in [0.05, 0.1) is 19.8 Å². The van der Waals surface area contributed by atoms with E-state index in [9.17, 15) is 0 Å². The van der Waals surface area contributed by atoms with Gasteiger partial charge in [0.15, 0.2) is 11.5 Å². The van der Waals surface area contributed by atoms with E-state index in [-0.39, 0.29) is 5.54 Å². The highest BCUT2D eigenvalue weighted by Crippen LogP contribution is 2.32. The number of rotatable bonds is 3. The molecule has 3 N–H and O–H groups in total. The first-order valence-electron chi connectivity index (χ1n) is 4.92. The number of nitrogens with two attached hydrogens (primary N) is 1. The Balaban J connectivity index is 2.34. The van der Waals surface area contributed by atoms with Crippen LogP contribution in [-0.2, 0) is 5.54 Å². The number of nitrogens with one attached hydrogen (secondary N) is 1. The maximum atomic E-state index is 6.18. The van der Waals surface area contributed by atoms with Gasteiger partial charge in [-0.3, -0.25) is 0 Å². The van der Waals surface area contributed by atoms with E-state index in [1.165, 1.54) is 0 Å². The molecule has 4 heteroatoms. The van der Waals surface area contributed by atoms with Crippen molar-refractivity contribution < 1.29 is 9.47 Å². The van der Waals surface area contributed by atoms with Gasteiger partial charge in [-0.2, -0.15) is 0 Å². The standard InChI is InChI=1S/C11H16N2O2/c1-14-9-4-3-8(5-10(9)15-2)11(12)6-13-7-11/h3-5,13H,6-7,12H2,1-2H3. The van der Waals surface area contributed by atoms with Crippen LogP contribution in [0, 0.1) is 0 Å². The number of methoxy groups -OCH3 is 2. The first-order valence-corrected chi connectivity index (χ1v) is 4.92. The van der Waals surface area contributed by atoms with Crippen LogP contribution in [0.1, 0.15) is 5.56 Å². The molecule has 82 valence electrons. The van der Waals surface area contributed by atoms with E-state index >= 15 is 0 Å². The Morgan fingerprint density at radius 1 is 1.20 bits per heavy atom. The van der Waals surface area contributed by atoms with Gasteiger partial charge in [-0.05, 0) is 17.7 Å². The van der Waals surface area contributed by atoms with E-state index < -0.39 is 0 Å². The van der Waals surface area contributed by atoms with Gasteiger partial charge in [0.1, 0.15) is 0 Å². The van der Waals surface area contributed by atoms with Gasteiger partial charge in [-0.25, -0.2) is 0 Å². The van der Waals surface area contributed by atoms with Crippen molar-refractivity contribution in [1.29, 1.82) is 0 Å². The highest BCUT2D eigenvalue weighted by atomic mass is 16.5. The van der Waals surface area contributed by atoms with Crippen LogP contribution < -0.4 is 20.5 Å². The van der Waals surface area contributed by atoms with Gasteiger partial charge >= 0.3 is 0 Å². The molecular formula is C11H16N2O2. The minimum absolute atomic E-state index is 0.250. The van der Waals surface area contributed by atoms with E-state index in [4.69, 9.17) is 15.2 Å². The fraction of sp³-hybridized carbons (Fsp3) is 0.455. The van der Waals surface area contributed by atoms with Crippen LogP contribution in [0.2, 0.25) is 0 Å². The van der Waals surface area contributed by atoms with Crippen LogP contribution in [0.4, 0.5) is 0 Å². The molecular weight excluding hydrogens is 192 g/mol. The average molecular weight is 208 g/mol.